The van der Waals surface area contributed by atoms with Crippen molar-refractivity contribution in [2.24, 2.45) is 0 Å². The third kappa shape index (κ3) is 5.52. The van der Waals surface area contributed by atoms with Crippen molar-refractivity contribution in [2.75, 3.05) is 5.32 Å². The van der Waals surface area contributed by atoms with Gasteiger partial charge in [-0.2, -0.15) is 5.26 Å². The van der Waals surface area contributed by atoms with Crippen molar-refractivity contribution >= 4 is 23.4 Å². The number of hydrogen-bond acceptors (Lipinski definition) is 5. The molecule has 3 aromatic rings. The number of H-pyrrole nitrogens is 1. The minimum Gasteiger partial charge on any atom is -0.325 e. The Morgan fingerprint density at radius 3 is 2.42 bits per heavy atom. The second kappa shape index (κ2) is 9.63. The first-order valence-electron chi connectivity index (χ1n) is 10.7. The Morgan fingerprint density at radius 2 is 1.82 bits per heavy atom. The maximum atomic E-state index is 12.8. The molecule has 0 unspecified atom stereocenters. The van der Waals surface area contributed by atoms with Crippen LogP contribution in [-0.2, 0) is 10.2 Å². The summed E-state index contributed by atoms with van der Waals surface area (Å²) in [4.78, 5) is 32.5. The first-order valence-corrected chi connectivity index (χ1v) is 11.6. The lowest BCUT2D eigenvalue weighted by atomic mass is 9.86. The van der Waals surface area contributed by atoms with E-state index < -0.39 is 10.8 Å². The first kappa shape index (κ1) is 24.3. The van der Waals surface area contributed by atoms with E-state index in [1.807, 2.05) is 62.4 Å². The maximum absolute atomic E-state index is 12.8. The van der Waals surface area contributed by atoms with Gasteiger partial charge in [-0.15, -0.1) is 0 Å². The van der Waals surface area contributed by atoms with E-state index in [1.54, 1.807) is 6.92 Å². The van der Waals surface area contributed by atoms with Gasteiger partial charge in [-0.25, -0.2) is 4.98 Å². The second-order valence-electron chi connectivity index (χ2n) is 9.03. The van der Waals surface area contributed by atoms with Crippen molar-refractivity contribution in [1.29, 1.82) is 5.26 Å². The summed E-state index contributed by atoms with van der Waals surface area (Å²) < 4.78 is 0. The van der Waals surface area contributed by atoms with E-state index in [0.717, 1.165) is 34.1 Å². The van der Waals surface area contributed by atoms with E-state index in [4.69, 9.17) is 0 Å². The van der Waals surface area contributed by atoms with Crippen molar-refractivity contribution in [3.05, 3.63) is 75.1 Å². The van der Waals surface area contributed by atoms with Gasteiger partial charge in [-0.3, -0.25) is 9.59 Å². The van der Waals surface area contributed by atoms with E-state index in [-0.39, 0.29) is 22.0 Å². The van der Waals surface area contributed by atoms with Gasteiger partial charge in [0.25, 0.3) is 5.56 Å². The summed E-state index contributed by atoms with van der Waals surface area (Å²) in [6.45, 7) is 12.1. The molecule has 170 valence electrons. The summed E-state index contributed by atoms with van der Waals surface area (Å²) >= 11 is 1.14. The number of anilines is 1. The molecule has 1 atom stereocenters. The number of carbonyl (C=O) groups excluding carboxylic acids is 1. The standard InChI is InChI=1S/C26H28N4O2S/c1-15-8-7-9-21(16(15)2)28-23(31)17(3)33-25-29-22(20(14-27)24(32)30-25)18-10-12-19(13-11-18)26(4,5)6/h7-13,17H,1-6H3,(H,28,31)(H,29,30,32)/t17-/m0/s1. The van der Waals surface area contributed by atoms with Gasteiger partial charge in [0.05, 0.1) is 10.9 Å². The molecule has 0 aliphatic heterocycles. The Kier molecular flexibility index (Phi) is 7.09. The van der Waals surface area contributed by atoms with Crippen LogP contribution in [0.3, 0.4) is 0 Å². The number of rotatable bonds is 5. The molecule has 1 aromatic heterocycles. The number of hydrogen-bond donors (Lipinski definition) is 2. The lowest BCUT2D eigenvalue weighted by molar-refractivity contribution is -0.115. The number of carbonyl (C=O) groups is 1. The lowest BCUT2D eigenvalue weighted by Crippen LogP contribution is -2.24. The Bertz CT molecular complexity index is 1280. The molecule has 2 aromatic carbocycles. The van der Waals surface area contributed by atoms with Gasteiger partial charge in [-0.05, 0) is 48.9 Å². The zero-order valence-corrected chi connectivity index (χ0v) is 20.6. The average Bonchev–Trinajstić information content (AvgIpc) is 2.76. The SMILES string of the molecule is Cc1cccc(NC(=O)[C@H](C)Sc2nc(-c3ccc(C(C)(C)C)cc3)c(C#N)c(=O)[nH]2)c1C. The van der Waals surface area contributed by atoms with E-state index in [2.05, 4.69) is 36.1 Å². The summed E-state index contributed by atoms with van der Waals surface area (Å²) in [5, 5.41) is 12.3. The van der Waals surface area contributed by atoms with E-state index in [9.17, 15) is 14.9 Å². The van der Waals surface area contributed by atoms with Crippen LogP contribution in [0.5, 0.6) is 0 Å². The fraction of sp³-hybridized carbons (Fsp3) is 0.308. The van der Waals surface area contributed by atoms with Crippen LogP contribution >= 0.6 is 11.8 Å². The summed E-state index contributed by atoms with van der Waals surface area (Å²) in [7, 11) is 0. The number of thioether (sulfide) groups is 1. The Labute approximate surface area is 198 Å². The van der Waals surface area contributed by atoms with Crippen molar-refractivity contribution in [1.82, 2.24) is 9.97 Å². The zero-order valence-electron chi connectivity index (χ0n) is 19.7. The molecule has 0 radical (unpaired) electrons. The highest BCUT2D eigenvalue weighted by atomic mass is 32.2. The van der Waals surface area contributed by atoms with E-state index in [0.29, 0.717) is 11.3 Å². The molecule has 0 aliphatic carbocycles. The second-order valence-corrected chi connectivity index (χ2v) is 10.4. The molecule has 7 heteroatoms. The number of aromatic amines is 1. The van der Waals surface area contributed by atoms with Crippen LogP contribution in [0.1, 0.15) is 49.9 Å². The fourth-order valence-corrected chi connectivity index (χ4v) is 4.09. The molecule has 0 bridgehead atoms. The van der Waals surface area contributed by atoms with Crippen LogP contribution in [0.15, 0.2) is 52.4 Å². The smallest absolute Gasteiger partial charge is 0.270 e. The maximum Gasteiger partial charge on any atom is 0.270 e. The topological polar surface area (TPSA) is 98.6 Å². The normalized spacial score (nSPS) is 12.2. The quantitative estimate of drug-likeness (QED) is 0.395. The molecular formula is C26H28N4O2S. The Morgan fingerprint density at radius 1 is 1.15 bits per heavy atom. The van der Waals surface area contributed by atoms with Crippen LogP contribution in [0.2, 0.25) is 0 Å². The third-order valence-electron chi connectivity index (χ3n) is 5.55. The predicted octanol–water partition coefficient (Wildman–Crippen LogP) is 5.34. The number of benzene rings is 2. The van der Waals surface area contributed by atoms with E-state index in [1.165, 1.54) is 0 Å². The molecule has 1 amide bonds. The molecule has 0 fully saturated rings. The Balaban J connectivity index is 1.88. The summed E-state index contributed by atoms with van der Waals surface area (Å²) in [6, 6.07) is 15.4. The molecular weight excluding hydrogens is 432 g/mol. The molecule has 0 saturated carbocycles. The van der Waals surface area contributed by atoms with Crippen LogP contribution in [-0.4, -0.2) is 21.1 Å². The van der Waals surface area contributed by atoms with Gasteiger partial charge >= 0.3 is 0 Å². The van der Waals surface area contributed by atoms with Gasteiger partial charge in [0.1, 0.15) is 11.6 Å². The van der Waals surface area contributed by atoms with Gasteiger partial charge < -0.3 is 10.3 Å². The third-order valence-corrected chi connectivity index (χ3v) is 6.54. The highest BCUT2D eigenvalue weighted by molar-refractivity contribution is 8.00. The van der Waals surface area contributed by atoms with Gasteiger partial charge in [0, 0.05) is 11.3 Å². The van der Waals surface area contributed by atoms with Gasteiger partial charge in [0.15, 0.2) is 5.16 Å². The molecule has 0 spiro atoms. The molecule has 3 rings (SSSR count). The number of aryl methyl sites for hydroxylation is 1. The molecule has 1 heterocycles. The average molecular weight is 461 g/mol. The van der Waals surface area contributed by atoms with Crippen molar-refractivity contribution in [2.45, 2.75) is 57.4 Å². The number of nitrogens with one attached hydrogen (secondary N) is 2. The highest BCUT2D eigenvalue weighted by Gasteiger charge is 2.20. The van der Waals surface area contributed by atoms with Gasteiger partial charge in [0.2, 0.25) is 5.91 Å². The number of nitriles is 1. The summed E-state index contributed by atoms with van der Waals surface area (Å²) in [5.74, 6) is -0.197. The molecule has 6 nitrogen and oxygen atoms in total. The van der Waals surface area contributed by atoms with Crippen LogP contribution < -0.4 is 10.9 Å². The summed E-state index contributed by atoms with van der Waals surface area (Å²) in [6.07, 6.45) is 0. The van der Waals surface area contributed by atoms with Crippen molar-refractivity contribution in [3.63, 3.8) is 0 Å². The molecule has 0 saturated heterocycles. The molecule has 2 N–H and O–H groups in total. The van der Waals surface area contributed by atoms with Crippen LogP contribution in [0, 0.1) is 25.2 Å². The number of amides is 1. The number of nitrogens with zero attached hydrogens (tertiary/aromatic N) is 2. The zero-order chi connectivity index (χ0) is 24.3. The van der Waals surface area contributed by atoms with Crippen molar-refractivity contribution in [3.8, 4) is 17.3 Å². The number of aromatic nitrogens is 2. The largest absolute Gasteiger partial charge is 0.325 e. The van der Waals surface area contributed by atoms with Crippen LogP contribution in [0.4, 0.5) is 5.69 Å². The monoisotopic (exact) mass is 460 g/mol. The first-order chi connectivity index (χ1) is 15.5. The molecule has 0 aliphatic rings. The predicted molar refractivity (Wildman–Crippen MR) is 134 cm³/mol. The minimum absolute atomic E-state index is 0.0162. The minimum atomic E-state index is -0.521. The fourth-order valence-electron chi connectivity index (χ4n) is 3.29. The lowest BCUT2D eigenvalue weighted by Gasteiger charge is -2.19. The highest BCUT2D eigenvalue weighted by Crippen LogP contribution is 2.28. The molecule has 33 heavy (non-hydrogen) atoms. The van der Waals surface area contributed by atoms with Crippen LogP contribution in [0.25, 0.3) is 11.3 Å². The van der Waals surface area contributed by atoms with Crippen molar-refractivity contribution < 1.29 is 4.79 Å². The van der Waals surface area contributed by atoms with E-state index >= 15 is 0 Å². The summed E-state index contributed by atoms with van der Waals surface area (Å²) in [5.41, 5.74) is 4.41. The Hall–Kier alpha value is -3.37. The van der Waals surface area contributed by atoms with Gasteiger partial charge in [-0.1, -0.05) is 68.9 Å².